The van der Waals surface area contributed by atoms with Crippen molar-refractivity contribution in [3.8, 4) is 11.3 Å². The van der Waals surface area contributed by atoms with Gasteiger partial charge in [0.15, 0.2) is 0 Å². The van der Waals surface area contributed by atoms with Gasteiger partial charge in [-0.1, -0.05) is 24.3 Å². The number of aromatic nitrogens is 2. The molecule has 0 aliphatic heterocycles. The van der Waals surface area contributed by atoms with E-state index in [4.69, 9.17) is 0 Å². The van der Waals surface area contributed by atoms with Gasteiger partial charge in [-0.05, 0) is 36.8 Å². The van der Waals surface area contributed by atoms with Crippen molar-refractivity contribution in [3.05, 3.63) is 46.7 Å². The van der Waals surface area contributed by atoms with Crippen molar-refractivity contribution in [1.29, 1.82) is 0 Å². The van der Waals surface area contributed by atoms with Gasteiger partial charge in [0.25, 0.3) is 0 Å². The second-order valence-electron chi connectivity index (χ2n) is 5.73. The number of nitrogens with one attached hydrogen (secondary N) is 1. The van der Waals surface area contributed by atoms with Crippen LogP contribution in [0.5, 0.6) is 0 Å². The lowest BCUT2D eigenvalue weighted by Gasteiger charge is -2.16. The van der Waals surface area contributed by atoms with E-state index in [0.717, 1.165) is 48.2 Å². The number of carboxylic acids is 1. The Morgan fingerprint density at radius 3 is 2.86 bits per heavy atom. The summed E-state index contributed by atoms with van der Waals surface area (Å²) in [6, 6.07) is 8.29. The number of benzene rings is 1. The van der Waals surface area contributed by atoms with Gasteiger partial charge in [-0.2, -0.15) is 5.10 Å². The number of carboxylic acid groups (broad SMARTS) is 1. The van der Waals surface area contributed by atoms with Gasteiger partial charge in [0, 0.05) is 23.1 Å². The molecule has 21 heavy (non-hydrogen) atoms. The summed E-state index contributed by atoms with van der Waals surface area (Å²) in [5.74, 6) is -0.794. The first-order valence-electron chi connectivity index (χ1n) is 7.37. The van der Waals surface area contributed by atoms with Crippen molar-refractivity contribution in [2.75, 3.05) is 0 Å². The van der Waals surface area contributed by atoms with Crippen LogP contribution in [0.1, 0.15) is 42.5 Å². The van der Waals surface area contributed by atoms with E-state index in [0.29, 0.717) is 12.0 Å². The highest BCUT2D eigenvalue weighted by Crippen LogP contribution is 2.41. The van der Waals surface area contributed by atoms with Crippen molar-refractivity contribution >= 4 is 11.5 Å². The summed E-state index contributed by atoms with van der Waals surface area (Å²) in [7, 11) is 0. The highest BCUT2D eigenvalue weighted by molar-refractivity contribution is 5.97. The Morgan fingerprint density at radius 1 is 1.19 bits per heavy atom. The maximum atomic E-state index is 11.5. The molecule has 1 aromatic carbocycles. The zero-order valence-electron chi connectivity index (χ0n) is 11.6. The number of H-pyrrole nitrogens is 1. The molecule has 1 aromatic heterocycles. The van der Waals surface area contributed by atoms with Gasteiger partial charge in [-0.25, -0.2) is 4.79 Å². The molecule has 0 saturated heterocycles. The molecule has 0 atom stereocenters. The van der Waals surface area contributed by atoms with Crippen LogP contribution in [0.15, 0.2) is 29.8 Å². The molecule has 106 valence electrons. The Morgan fingerprint density at radius 2 is 2.00 bits per heavy atom. The molecule has 0 spiro atoms. The summed E-state index contributed by atoms with van der Waals surface area (Å²) >= 11 is 0. The molecule has 0 bridgehead atoms. The predicted molar refractivity (Wildman–Crippen MR) is 79.9 cm³/mol. The second-order valence-corrected chi connectivity index (χ2v) is 5.73. The van der Waals surface area contributed by atoms with Crippen molar-refractivity contribution < 1.29 is 9.90 Å². The summed E-state index contributed by atoms with van der Waals surface area (Å²) in [5.41, 5.74) is 7.05. The normalized spacial score (nSPS) is 16.8. The monoisotopic (exact) mass is 280 g/mol. The van der Waals surface area contributed by atoms with Crippen molar-refractivity contribution in [3.63, 3.8) is 0 Å². The summed E-state index contributed by atoms with van der Waals surface area (Å²) in [6.45, 7) is 0. The molecule has 4 rings (SSSR count). The first kappa shape index (κ1) is 12.4. The molecule has 2 aromatic rings. The van der Waals surface area contributed by atoms with E-state index < -0.39 is 5.97 Å². The minimum atomic E-state index is -0.794. The highest BCUT2D eigenvalue weighted by atomic mass is 16.4. The molecular formula is C17H16N2O2. The number of rotatable bonds is 2. The van der Waals surface area contributed by atoms with E-state index >= 15 is 0 Å². The Bertz CT molecular complexity index is 771. The Balaban J connectivity index is 1.86. The van der Waals surface area contributed by atoms with Gasteiger partial charge in [-0.3, -0.25) is 5.10 Å². The van der Waals surface area contributed by atoms with Crippen molar-refractivity contribution in [2.24, 2.45) is 0 Å². The average Bonchev–Trinajstić information content (AvgIpc) is 3.06. The molecule has 0 fully saturated rings. The maximum absolute atomic E-state index is 11.5. The molecular weight excluding hydrogens is 264 g/mol. The quantitative estimate of drug-likeness (QED) is 0.756. The molecule has 4 heteroatoms. The topological polar surface area (TPSA) is 66.0 Å². The van der Waals surface area contributed by atoms with Crippen LogP contribution in [-0.2, 0) is 11.2 Å². The zero-order chi connectivity index (χ0) is 14.4. The minimum absolute atomic E-state index is 0.548. The zero-order valence-corrected chi connectivity index (χ0v) is 11.6. The lowest BCUT2D eigenvalue weighted by molar-refractivity contribution is -0.132. The number of nitrogens with zero attached hydrogens (tertiary/aromatic N) is 1. The standard InChI is InChI=1S/C17H16N2O2/c20-17(21)13-8-4-3-7-12(13)16-14-9-10-5-1-2-6-11(10)15(14)18-19-16/h1-2,5-6H,3-4,7-9H2,(H,18,19)(H,20,21). The number of fused-ring (bicyclic) bond motifs is 3. The van der Waals surface area contributed by atoms with Crippen molar-refractivity contribution in [2.45, 2.75) is 32.1 Å². The fraction of sp³-hybridized carbons (Fsp3) is 0.294. The first-order chi connectivity index (χ1) is 10.3. The van der Waals surface area contributed by atoms with E-state index in [9.17, 15) is 9.90 Å². The second kappa shape index (κ2) is 4.58. The van der Waals surface area contributed by atoms with Gasteiger partial charge in [-0.15, -0.1) is 0 Å². The van der Waals surface area contributed by atoms with Gasteiger partial charge in [0.05, 0.1) is 11.4 Å². The van der Waals surface area contributed by atoms with E-state index in [2.05, 4.69) is 22.3 Å². The van der Waals surface area contributed by atoms with Gasteiger partial charge in [0.1, 0.15) is 0 Å². The van der Waals surface area contributed by atoms with Gasteiger partial charge >= 0.3 is 5.97 Å². The summed E-state index contributed by atoms with van der Waals surface area (Å²) in [5, 5.41) is 17.0. The minimum Gasteiger partial charge on any atom is -0.478 e. The fourth-order valence-electron chi connectivity index (χ4n) is 3.52. The molecule has 2 aliphatic rings. The highest BCUT2D eigenvalue weighted by Gasteiger charge is 2.29. The smallest absolute Gasteiger partial charge is 0.331 e. The predicted octanol–water partition coefficient (Wildman–Crippen LogP) is 3.39. The molecule has 2 aliphatic carbocycles. The van der Waals surface area contributed by atoms with Crippen LogP contribution >= 0.6 is 0 Å². The average molecular weight is 280 g/mol. The summed E-state index contributed by atoms with van der Waals surface area (Å²) in [4.78, 5) is 11.5. The van der Waals surface area contributed by atoms with Crippen LogP contribution in [0.25, 0.3) is 16.8 Å². The van der Waals surface area contributed by atoms with Gasteiger partial charge in [0.2, 0.25) is 0 Å². The van der Waals surface area contributed by atoms with Crippen LogP contribution in [0.4, 0.5) is 0 Å². The Hall–Kier alpha value is -2.36. The van der Waals surface area contributed by atoms with Gasteiger partial charge < -0.3 is 5.11 Å². The molecule has 2 N–H and O–H groups in total. The maximum Gasteiger partial charge on any atom is 0.331 e. The third kappa shape index (κ3) is 1.82. The van der Waals surface area contributed by atoms with Crippen LogP contribution in [0.2, 0.25) is 0 Å². The lowest BCUT2D eigenvalue weighted by Crippen LogP contribution is -2.09. The van der Waals surface area contributed by atoms with Crippen LogP contribution < -0.4 is 0 Å². The SMILES string of the molecule is O=C(O)C1=C(c2n[nH]c3c2Cc2ccccc2-3)CCCC1. The first-order valence-corrected chi connectivity index (χ1v) is 7.37. The van der Waals surface area contributed by atoms with E-state index in [1.807, 2.05) is 12.1 Å². The molecule has 0 unspecified atom stereocenters. The fourth-order valence-corrected chi connectivity index (χ4v) is 3.52. The molecule has 0 saturated carbocycles. The summed E-state index contributed by atoms with van der Waals surface area (Å²) < 4.78 is 0. The number of carbonyl (C=O) groups is 1. The number of aliphatic carboxylic acids is 1. The molecule has 4 nitrogen and oxygen atoms in total. The third-order valence-corrected chi connectivity index (χ3v) is 4.53. The van der Waals surface area contributed by atoms with Crippen molar-refractivity contribution in [1.82, 2.24) is 10.2 Å². The molecule has 0 amide bonds. The van der Waals surface area contributed by atoms with E-state index in [1.165, 1.54) is 11.1 Å². The number of hydrogen-bond acceptors (Lipinski definition) is 2. The number of aromatic amines is 1. The molecule has 1 heterocycles. The summed E-state index contributed by atoms with van der Waals surface area (Å²) in [6.07, 6.45) is 4.31. The number of hydrogen-bond donors (Lipinski definition) is 2. The van der Waals surface area contributed by atoms with Crippen LogP contribution in [0, 0.1) is 0 Å². The molecule has 0 radical (unpaired) electrons. The Labute approximate surface area is 122 Å². The lowest BCUT2D eigenvalue weighted by atomic mass is 9.88. The van der Waals surface area contributed by atoms with E-state index in [1.54, 1.807) is 0 Å². The third-order valence-electron chi connectivity index (χ3n) is 4.53. The van der Waals surface area contributed by atoms with Crippen LogP contribution in [0.3, 0.4) is 0 Å². The van der Waals surface area contributed by atoms with Crippen LogP contribution in [-0.4, -0.2) is 21.3 Å². The van der Waals surface area contributed by atoms with E-state index in [-0.39, 0.29) is 0 Å². The Kier molecular flexibility index (Phi) is 2.70. The number of allylic oxidation sites excluding steroid dienone is 1. The largest absolute Gasteiger partial charge is 0.478 e.